The molecule has 2 aromatic rings. The van der Waals surface area contributed by atoms with Crippen molar-refractivity contribution in [2.45, 2.75) is 32.4 Å². The fourth-order valence-electron chi connectivity index (χ4n) is 3.29. The van der Waals surface area contributed by atoms with Crippen LogP contribution in [0, 0.1) is 0 Å². The zero-order chi connectivity index (χ0) is 19.1. The standard InChI is InChI=1S/C21H25N3O3/c25-20(26)17-10-8-16(9-11-17)14-22-21(27)23-15-18-6-2-3-7-19(18)24-12-4-1-5-13-24/h2-3,6-11H,1,4-5,12-15H2,(H,25,26)(H2,22,23,27). The molecule has 0 spiro atoms. The van der Waals surface area contributed by atoms with E-state index in [1.807, 2.05) is 12.1 Å². The second-order valence-electron chi connectivity index (χ2n) is 6.71. The Bertz CT molecular complexity index is 784. The monoisotopic (exact) mass is 367 g/mol. The highest BCUT2D eigenvalue weighted by Crippen LogP contribution is 2.23. The van der Waals surface area contributed by atoms with E-state index in [2.05, 4.69) is 27.7 Å². The first-order valence-corrected chi connectivity index (χ1v) is 9.30. The van der Waals surface area contributed by atoms with Gasteiger partial charge in [0.15, 0.2) is 0 Å². The average Bonchev–Trinajstić information content (AvgIpc) is 2.72. The molecule has 0 bridgehead atoms. The van der Waals surface area contributed by atoms with Crippen LogP contribution in [0.25, 0.3) is 0 Å². The van der Waals surface area contributed by atoms with E-state index >= 15 is 0 Å². The molecule has 1 aliphatic heterocycles. The highest BCUT2D eigenvalue weighted by Gasteiger charge is 2.14. The molecule has 6 heteroatoms. The summed E-state index contributed by atoms with van der Waals surface area (Å²) in [4.78, 5) is 25.4. The highest BCUT2D eigenvalue weighted by atomic mass is 16.4. The lowest BCUT2D eigenvalue weighted by Crippen LogP contribution is -2.35. The topological polar surface area (TPSA) is 81.7 Å². The van der Waals surface area contributed by atoms with E-state index in [1.165, 1.54) is 37.1 Å². The van der Waals surface area contributed by atoms with Crippen molar-refractivity contribution in [1.82, 2.24) is 10.6 Å². The van der Waals surface area contributed by atoms with Crippen molar-refractivity contribution in [3.8, 4) is 0 Å². The van der Waals surface area contributed by atoms with Crippen LogP contribution in [0.15, 0.2) is 48.5 Å². The molecular formula is C21H25N3O3. The number of anilines is 1. The van der Waals surface area contributed by atoms with Crippen LogP contribution in [0.3, 0.4) is 0 Å². The van der Waals surface area contributed by atoms with Gasteiger partial charge in [-0.3, -0.25) is 0 Å². The van der Waals surface area contributed by atoms with Gasteiger partial charge in [0, 0.05) is 31.9 Å². The normalized spacial score (nSPS) is 13.9. The summed E-state index contributed by atoms with van der Waals surface area (Å²) >= 11 is 0. The maximum Gasteiger partial charge on any atom is 0.335 e. The van der Waals surface area contributed by atoms with Crippen molar-refractivity contribution in [1.29, 1.82) is 0 Å². The zero-order valence-corrected chi connectivity index (χ0v) is 15.3. The van der Waals surface area contributed by atoms with Gasteiger partial charge in [0.25, 0.3) is 0 Å². The van der Waals surface area contributed by atoms with Crippen molar-refractivity contribution in [3.05, 3.63) is 65.2 Å². The summed E-state index contributed by atoms with van der Waals surface area (Å²) in [6, 6.07) is 14.4. The molecule has 0 atom stereocenters. The molecule has 6 nitrogen and oxygen atoms in total. The number of nitrogens with one attached hydrogen (secondary N) is 2. The molecule has 1 aliphatic rings. The van der Waals surface area contributed by atoms with Crippen molar-refractivity contribution in [2.24, 2.45) is 0 Å². The second kappa shape index (κ2) is 9.07. The van der Waals surface area contributed by atoms with Crippen LogP contribution in [0.5, 0.6) is 0 Å². The fourth-order valence-corrected chi connectivity index (χ4v) is 3.29. The summed E-state index contributed by atoms with van der Waals surface area (Å²) in [6.45, 7) is 2.95. The van der Waals surface area contributed by atoms with Gasteiger partial charge in [-0.05, 0) is 48.6 Å². The Kier molecular flexibility index (Phi) is 6.30. The lowest BCUT2D eigenvalue weighted by atomic mass is 10.1. The van der Waals surface area contributed by atoms with Crippen LogP contribution in [0.2, 0.25) is 0 Å². The Morgan fingerprint density at radius 1 is 0.889 bits per heavy atom. The van der Waals surface area contributed by atoms with Gasteiger partial charge in [-0.1, -0.05) is 30.3 Å². The van der Waals surface area contributed by atoms with Crippen LogP contribution in [0.4, 0.5) is 10.5 Å². The molecular weight excluding hydrogens is 342 g/mol. The summed E-state index contributed by atoms with van der Waals surface area (Å²) < 4.78 is 0. The van der Waals surface area contributed by atoms with Crippen LogP contribution >= 0.6 is 0 Å². The zero-order valence-electron chi connectivity index (χ0n) is 15.3. The third-order valence-electron chi connectivity index (χ3n) is 4.78. The molecule has 2 amide bonds. The van der Waals surface area contributed by atoms with Gasteiger partial charge in [-0.2, -0.15) is 0 Å². The third-order valence-corrected chi connectivity index (χ3v) is 4.78. The minimum absolute atomic E-state index is 0.234. The van der Waals surface area contributed by atoms with Crippen molar-refractivity contribution in [2.75, 3.05) is 18.0 Å². The van der Waals surface area contributed by atoms with Gasteiger partial charge < -0.3 is 20.6 Å². The van der Waals surface area contributed by atoms with Crippen LogP contribution in [-0.4, -0.2) is 30.2 Å². The number of benzene rings is 2. The van der Waals surface area contributed by atoms with E-state index in [-0.39, 0.29) is 11.6 Å². The van der Waals surface area contributed by atoms with E-state index in [9.17, 15) is 9.59 Å². The Morgan fingerprint density at radius 3 is 2.26 bits per heavy atom. The van der Waals surface area contributed by atoms with Gasteiger partial charge in [-0.25, -0.2) is 9.59 Å². The molecule has 0 saturated carbocycles. The number of para-hydroxylation sites is 1. The van der Waals surface area contributed by atoms with Crippen LogP contribution in [0.1, 0.15) is 40.7 Å². The lowest BCUT2D eigenvalue weighted by molar-refractivity contribution is 0.0697. The summed E-state index contributed by atoms with van der Waals surface area (Å²) in [5.41, 5.74) is 3.39. The molecule has 142 valence electrons. The molecule has 1 saturated heterocycles. The smallest absolute Gasteiger partial charge is 0.335 e. The number of carbonyl (C=O) groups is 2. The molecule has 0 aromatic heterocycles. The average molecular weight is 367 g/mol. The molecule has 3 N–H and O–H groups in total. The summed E-state index contributed by atoms with van der Waals surface area (Å²) in [5.74, 6) is -0.959. The molecule has 27 heavy (non-hydrogen) atoms. The molecule has 1 fully saturated rings. The summed E-state index contributed by atoms with van der Waals surface area (Å²) in [5, 5.41) is 14.6. The van der Waals surface area contributed by atoms with E-state index < -0.39 is 5.97 Å². The number of carbonyl (C=O) groups excluding carboxylic acids is 1. The Labute approximate surface area is 159 Å². The fraction of sp³-hybridized carbons (Fsp3) is 0.333. The molecule has 2 aromatic carbocycles. The van der Waals surface area contributed by atoms with E-state index in [0.717, 1.165) is 24.2 Å². The maximum absolute atomic E-state index is 12.1. The first-order valence-electron chi connectivity index (χ1n) is 9.30. The van der Waals surface area contributed by atoms with Gasteiger partial charge >= 0.3 is 12.0 Å². The van der Waals surface area contributed by atoms with E-state index in [4.69, 9.17) is 5.11 Å². The Hall–Kier alpha value is -3.02. The molecule has 1 heterocycles. The second-order valence-corrected chi connectivity index (χ2v) is 6.71. The van der Waals surface area contributed by atoms with Gasteiger partial charge in [0.2, 0.25) is 0 Å². The van der Waals surface area contributed by atoms with E-state index in [0.29, 0.717) is 13.1 Å². The number of piperidine rings is 1. The number of carboxylic acids is 1. The Balaban J connectivity index is 1.51. The largest absolute Gasteiger partial charge is 0.478 e. The number of nitrogens with zero attached hydrogens (tertiary/aromatic N) is 1. The van der Waals surface area contributed by atoms with Gasteiger partial charge in [0.05, 0.1) is 5.56 Å². The van der Waals surface area contributed by atoms with Crippen molar-refractivity contribution in [3.63, 3.8) is 0 Å². The number of urea groups is 1. The predicted octanol–water partition coefficient (Wildman–Crippen LogP) is 3.37. The quantitative estimate of drug-likeness (QED) is 0.731. The van der Waals surface area contributed by atoms with Crippen LogP contribution < -0.4 is 15.5 Å². The highest BCUT2D eigenvalue weighted by molar-refractivity contribution is 5.87. The third kappa shape index (κ3) is 5.23. The number of carboxylic acid groups (broad SMARTS) is 1. The minimum atomic E-state index is -0.959. The minimum Gasteiger partial charge on any atom is -0.478 e. The van der Waals surface area contributed by atoms with Gasteiger partial charge in [0.1, 0.15) is 0 Å². The number of aromatic carboxylic acids is 1. The van der Waals surface area contributed by atoms with Gasteiger partial charge in [-0.15, -0.1) is 0 Å². The number of rotatable bonds is 6. The lowest BCUT2D eigenvalue weighted by Gasteiger charge is -2.30. The molecule has 0 aliphatic carbocycles. The molecule has 0 radical (unpaired) electrons. The predicted molar refractivity (Wildman–Crippen MR) is 105 cm³/mol. The molecule has 3 rings (SSSR count). The summed E-state index contributed by atoms with van der Waals surface area (Å²) in [6.07, 6.45) is 3.71. The van der Waals surface area contributed by atoms with Crippen molar-refractivity contribution >= 4 is 17.7 Å². The van der Waals surface area contributed by atoms with E-state index in [1.54, 1.807) is 12.1 Å². The number of hydrogen-bond acceptors (Lipinski definition) is 3. The first-order chi connectivity index (χ1) is 13.1. The Morgan fingerprint density at radius 2 is 1.56 bits per heavy atom. The number of hydrogen-bond donors (Lipinski definition) is 3. The first kappa shape index (κ1) is 18.8. The summed E-state index contributed by atoms with van der Waals surface area (Å²) in [7, 11) is 0. The SMILES string of the molecule is O=C(NCc1ccc(C(=O)O)cc1)NCc1ccccc1N1CCCCC1. The van der Waals surface area contributed by atoms with Crippen molar-refractivity contribution < 1.29 is 14.7 Å². The van der Waals surface area contributed by atoms with Crippen LogP contribution in [-0.2, 0) is 13.1 Å². The maximum atomic E-state index is 12.1. The number of amides is 2. The molecule has 0 unspecified atom stereocenters.